The number of hydroxylamine groups is 2. The largest absolute Gasteiger partial charge is 0.344 e. The van der Waals surface area contributed by atoms with Gasteiger partial charge in [-0.2, -0.15) is 0 Å². The van der Waals surface area contributed by atoms with Crippen LogP contribution < -0.4 is 0 Å². The minimum atomic E-state index is -0.305. The van der Waals surface area contributed by atoms with E-state index in [1.165, 1.54) is 11.3 Å². The Labute approximate surface area is 96.5 Å². The molecule has 2 saturated heterocycles. The first-order chi connectivity index (χ1) is 7.66. The molecule has 3 heterocycles. The smallest absolute Gasteiger partial charge is 0.311 e. The van der Waals surface area contributed by atoms with Crippen molar-refractivity contribution >= 4 is 17.4 Å². The van der Waals surface area contributed by atoms with Crippen LogP contribution in [-0.4, -0.2) is 44.0 Å². The zero-order valence-corrected chi connectivity index (χ0v) is 9.65. The third kappa shape index (κ3) is 1.31. The van der Waals surface area contributed by atoms with Gasteiger partial charge in [0.05, 0.1) is 12.1 Å². The SMILES string of the molecule is Cc1nnc(C2CC[C@@H]3CN2C(=O)N3O)s1. The normalized spacial score (nSPS) is 29.0. The van der Waals surface area contributed by atoms with E-state index in [4.69, 9.17) is 0 Å². The molecule has 0 spiro atoms. The molecular formula is C9H12N4O2S. The number of carbonyl (C=O) groups is 1. The van der Waals surface area contributed by atoms with Crippen LogP contribution in [-0.2, 0) is 0 Å². The number of hydrogen-bond acceptors (Lipinski definition) is 5. The van der Waals surface area contributed by atoms with Crippen molar-refractivity contribution in [2.24, 2.45) is 0 Å². The summed E-state index contributed by atoms with van der Waals surface area (Å²) in [6.45, 7) is 2.50. The highest BCUT2D eigenvalue weighted by Crippen LogP contribution is 2.38. The molecule has 7 heteroatoms. The van der Waals surface area contributed by atoms with E-state index in [-0.39, 0.29) is 18.1 Å². The van der Waals surface area contributed by atoms with Crippen molar-refractivity contribution in [1.82, 2.24) is 20.2 Å². The summed E-state index contributed by atoms with van der Waals surface area (Å²) in [5, 5.41) is 20.2. The number of piperidine rings is 1. The zero-order valence-electron chi connectivity index (χ0n) is 8.83. The van der Waals surface area contributed by atoms with Crippen molar-refractivity contribution in [3.63, 3.8) is 0 Å². The number of urea groups is 1. The van der Waals surface area contributed by atoms with E-state index in [1.54, 1.807) is 4.90 Å². The van der Waals surface area contributed by atoms with E-state index < -0.39 is 0 Å². The van der Waals surface area contributed by atoms with Gasteiger partial charge in [0.25, 0.3) is 0 Å². The maximum atomic E-state index is 11.7. The number of nitrogens with zero attached hydrogens (tertiary/aromatic N) is 4. The van der Waals surface area contributed by atoms with Crippen molar-refractivity contribution in [2.75, 3.05) is 6.54 Å². The minimum Gasteiger partial charge on any atom is -0.311 e. The molecule has 6 nitrogen and oxygen atoms in total. The Morgan fingerprint density at radius 3 is 2.94 bits per heavy atom. The molecule has 86 valence electrons. The molecule has 1 aromatic rings. The van der Waals surface area contributed by atoms with Gasteiger partial charge >= 0.3 is 6.03 Å². The van der Waals surface area contributed by atoms with E-state index in [2.05, 4.69) is 10.2 Å². The van der Waals surface area contributed by atoms with Crippen molar-refractivity contribution in [2.45, 2.75) is 31.8 Å². The number of fused-ring (bicyclic) bond motifs is 2. The van der Waals surface area contributed by atoms with Crippen molar-refractivity contribution in [3.05, 3.63) is 10.0 Å². The van der Waals surface area contributed by atoms with Gasteiger partial charge in [0.1, 0.15) is 10.0 Å². The van der Waals surface area contributed by atoms with E-state index in [0.717, 1.165) is 27.9 Å². The van der Waals surface area contributed by atoms with Crippen LogP contribution in [0.5, 0.6) is 0 Å². The van der Waals surface area contributed by atoms with Crippen LogP contribution in [0, 0.1) is 6.92 Å². The third-order valence-electron chi connectivity index (χ3n) is 3.17. The Kier molecular flexibility index (Phi) is 2.11. The number of aromatic nitrogens is 2. The Morgan fingerprint density at radius 1 is 1.44 bits per heavy atom. The second kappa shape index (κ2) is 3.39. The Bertz CT molecular complexity index is 435. The minimum absolute atomic E-state index is 0.00731. The van der Waals surface area contributed by atoms with Gasteiger partial charge in [-0.25, -0.2) is 9.86 Å². The number of carbonyl (C=O) groups excluding carboxylic acids is 1. The number of amides is 2. The lowest BCUT2D eigenvalue weighted by atomic mass is 10.0. The average Bonchev–Trinajstić information content (AvgIpc) is 2.80. The van der Waals surface area contributed by atoms with Gasteiger partial charge in [-0.05, 0) is 19.8 Å². The van der Waals surface area contributed by atoms with Gasteiger partial charge in [-0.15, -0.1) is 10.2 Å². The third-order valence-corrected chi connectivity index (χ3v) is 4.11. The molecular weight excluding hydrogens is 228 g/mol. The fourth-order valence-electron chi connectivity index (χ4n) is 2.35. The highest BCUT2D eigenvalue weighted by atomic mass is 32.1. The summed E-state index contributed by atoms with van der Waals surface area (Å²) in [5.74, 6) is 0. The van der Waals surface area contributed by atoms with Crippen molar-refractivity contribution in [3.8, 4) is 0 Å². The molecule has 0 saturated carbocycles. The van der Waals surface area contributed by atoms with Gasteiger partial charge in [0.2, 0.25) is 0 Å². The lowest BCUT2D eigenvalue weighted by molar-refractivity contribution is -0.0584. The predicted octanol–water partition coefficient (Wildman–Crippen LogP) is 1.18. The lowest BCUT2D eigenvalue weighted by Gasteiger charge is -2.28. The molecule has 2 bridgehead atoms. The topological polar surface area (TPSA) is 69.6 Å². The van der Waals surface area contributed by atoms with Crippen LogP contribution in [0.1, 0.15) is 28.9 Å². The molecule has 2 atom stereocenters. The van der Waals surface area contributed by atoms with Gasteiger partial charge in [0, 0.05) is 6.54 Å². The molecule has 0 aliphatic carbocycles. The Morgan fingerprint density at radius 2 is 2.25 bits per heavy atom. The molecule has 0 aromatic carbocycles. The first kappa shape index (κ1) is 9.98. The standard InChI is InChI=1S/C9H12N4O2S/c1-5-10-11-8(16-5)7-3-2-6-4-12(7)9(14)13(6)15/h6-7,15H,2-4H2,1H3/t6-,7?/m1/s1. The first-order valence-electron chi connectivity index (χ1n) is 5.25. The highest BCUT2D eigenvalue weighted by Gasteiger charge is 2.45. The van der Waals surface area contributed by atoms with E-state index in [1.807, 2.05) is 6.92 Å². The maximum Gasteiger partial charge on any atom is 0.344 e. The van der Waals surface area contributed by atoms with Gasteiger partial charge in [0.15, 0.2) is 0 Å². The molecule has 1 unspecified atom stereocenters. The molecule has 1 aromatic heterocycles. The molecule has 2 aliphatic rings. The van der Waals surface area contributed by atoms with Crippen LogP contribution in [0.4, 0.5) is 4.79 Å². The zero-order chi connectivity index (χ0) is 11.3. The van der Waals surface area contributed by atoms with Gasteiger partial charge < -0.3 is 4.90 Å². The summed E-state index contributed by atoms with van der Waals surface area (Å²) < 4.78 is 0. The number of aryl methyl sites for hydroxylation is 1. The Balaban J connectivity index is 1.90. The first-order valence-corrected chi connectivity index (χ1v) is 6.07. The predicted molar refractivity (Wildman–Crippen MR) is 56.1 cm³/mol. The Hall–Kier alpha value is -1.21. The quantitative estimate of drug-likeness (QED) is 0.748. The molecule has 0 radical (unpaired) electrons. The number of rotatable bonds is 1. The van der Waals surface area contributed by atoms with E-state index in [0.29, 0.717) is 6.54 Å². The number of hydrogen-bond donors (Lipinski definition) is 1. The van der Waals surface area contributed by atoms with Crippen LogP contribution in [0.3, 0.4) is 0 Å². The van der Waals surface area contributed by atoms with Crippen LogP contribution in [0.2, 0.25) is 0 Å². The van der Waals surface area contributed by atoms with Crippen LogP contribution in [0.25, 0.3) is 0 Å². The summed E-state index contributed by atoms with van der Waals surface area (Å²) in [4.78, 5) is 13.4. The monoisotopic (exact) mass is 240 g/mol. The fraction of sp³-hybridized carbons (Fsp3) is 0.667. The van der Waals surface area contributed by atoms with Crippen molar-refractivity contribution in [1.29, 1.82) is 0 Å². The van der Waals surface area contributed by atoms with Crippen LogP contribution in [0.15, 0.2) is 0 Å². The molecule has 1 N–H and O–H groups in total. The van der Waals surface area contributed by atoms with E-state index in [9.17, 15) is 10.0 Å². The molecule has 2 fully saturated rings. The van der Waals surface area contributed by atoms with E-state index >= 15 is 0 Å². The lowest BCUT2D eigenvalue weighted by Crippen LogP contribution is -2.33. The summed E-state index contributed by atoms with van der Waals surface area (Å²) in [7, 11) is 0. The summed E-state index contributed by atoms with van der Waals surface area (Å²) in [6, 6.07) is -0.356. The fourth-order valence-corrected chi connectivity index (χ4v) is 3.20. The maximum absolute atomic E-state index is 11.7. The summed E-state index contributed by atoms with van der Waals surface area (Å²) in [6.07, 6.45) is 1.67. The molecule has 3 rings (SSSR count). The highest BCUT2D eigenvalue weighted by molar-refractivity contribution is 7.11. The van der Waals surface area contributed by atoms with Gasteiger partial charge in [-0.3, -0.25) is 5.21 Å². The molecule has 2 amide bonds. The molecule has 16 heavy (non-hydrogen) atoms. The van der Waals surface area contributed by atoms with Crippen LogP contribution >= 0.6 is 11.3 Å². The van der Waals surface area contributed by atoms with Crippen molar-refractivity contribution < 1.29 is 10.0 Å². The second-order valence-corrected chi connectivity index (χ2v) is 5.40. The second-order valence-electron chi connectivity index (χ2n) is 4.19. The summed E-state index contributed by atoms with van der Waals surface area (Å²) in [5.41, 5.74) is 0. The summed E-state index contributed by atoms with van der Waals surface area (Å²) >= 11 is 1.52. The average molecular weight is 240 g/mol. The molecule has 2 aliphatic heterocycles. The van der Waals surface area contributed by atoms with Gasteiger partial charge in [-0.1, -0.05) is 11.3 Å².